The lowest BCUT2D eigenvalue weighted by molar-refractivity contribution is 0.114. The van der Waals surface area contributed by atoms with Gasteiger partial charge < -0.3 is 19.9 Å². The smallest absolute Gasteiger partial charge is 0.317 e. The zero-order valence-corrected chi connectivity index (χ0v) is 15.0. The van der Waals surface area contributed by atoms with Crippen molar-refractivity contribution in [2.24, 2.45) is 0 Å². The van der Waals surface area contributed by atoms with Gasteiger partial charge in [0.15, 0.2) is 11.6 Å². The molecule has 7 heteroatoms. The predicted molar refractivity (Wildman–Crippen MR) is 94.2 cm³/mol. The SMILES string of the molecule is COc1ccc(CNC(=O)N2CC[C@H](N3CCN(C)CC3)C2)cc1F. The summed E-state index contributed by atoms with van der Waals surface area (Å²) in [5, 5.41) is 2.89. The fourth-order valence-corrected chi connectivity index (χ4v) is 3.52. The van der Waals surface area contributed by atoms with Crippen molar-refractivity contribution >= 4 is 6.03 Å². The Morgan fingerprint density at radius 3 is 2.72 bits per heavy atom. The molecule has 0 unspecified atom stereocenters. The number of benzene rings is 1. The quantitative estimate of drug-likeness (QED) is 0.891. The van der Waals surface area contributed by atoms with Crippen molar-refractivity contribution in [2.75, 3.05) is 53.4 Å². The van der Waals surface area contributed by atoms with E-state index in [-0.39, 0.29) is 11.8 Å². The number of carbonyl (C=O) groups excluding carboxylic acids is 1. The first kappa shape index (κ1) is 17.9. The Kier molecular flexibility index (Phi) is 5.75. The van der Waals surface area contributed by atoms with Gasteiger partial charge in [-0.2, -0.15) is 0 Å². The fraction of sp³-hybridized carbons (Fsp3) is 0.611. The number of carbonyl (C=O) groups is 1. The van der Waals surface area contributed by atoms with E-state index in [2.05, 4.69) is 22.2 Å². The van der Waals surface area contributed by atoms with E-state index in [1.54, 1.807) is 12.1 Å². The summed E-state index contributed by atoms with van der Waals surface area (Å²) in [6.07, 6.45) is 1.02. The van der Waals surface area contributed by atoms with Crippen LogP contribution in [0, 0.1) is 5.82 Å². The van der Waals surface area contributed by atoms with Gasteiger partial charge in [0.25, 0.3) is 0 Å². The Labute approximate surface area is 148 Å². The highest BCUT2D eigenvalue weighted by atomic mass is 19.1. The minimum Gasteiger partial charge on any atom is -0.494 e. The largest absolute Gasteiger partial charge is 0.494 e. The normalized spacial score (nSPS) is 22.2. The monoisotopic (exact) mass is 350 g/mol. The van der Waals surface area contributed by atoms with Crippen LogP contribution in [0.5, 0.6) is 5.75 Å². The fourth-order valence-electron chi connectivity index (χ4n) is 3.52. The molecule has 1 N–H and O–H groups in total. The van der Waals surface area contributed by atoms with Crippen molar-refractivity contribution in [3.63, 3.8) is 0 Å². The molecule has 138 valence electrons. The summed E-state index contributed by atoms with van der Waals surface area (Å²) in [5.74, 6) is -0.199. The molecule has 1 aromatic carbocycles. The third-order valence-electron chi connectivity index (χ3n) is 5.16. The molecule has 2 heterocycles. The van der Waals surface area contributed by atoms with E-state index < -0.39 is 5.82 Å². The van der Waals surface area contributed by atoms with Gasteiger partial charge >= 0.3 is 6.03 Å². The maximum atomic E-state index is 13.7. The highest BCUT2D eigenvalue weighted by Crippen LogP contribution is 2.19. The van der Waals surface area contributed by atoms with Crippen molar-refractivity contribution in [3.8, 4) is 5.75 Å². The molecule has 0 bridgehead atoms. The van der Waals surface area contributed by atoms with Crippen LogP contribution in [0.4, 0.5) is 9.18 Å². The molecule has 25 heavy (non-hydrogen) atoms. The lowest BCUT2D eigenvalue weighted by Crippen LogP contribution is -2.50. The maximum absolute atomic E-state index is 13.7. The van der Waals surface area contributed by atoms with Gasteiger partial charge in [0.2, 0.25) is 0 Å². The van der Waals surface area contributed by atoms with Gasteiger partial charge in [0.05, 0.1) is 7.11 Å². The number of rotatable bonds is 4. The van der Waals surface area contributed by atoms with Crippen LogP contribution in [0.25, 0.3) is 0 Å². The standard InChI is InChI=1S/C18H27FN4O2/c1-21-7-9-22(10-8-21)15-5-6-23(13-15)18(24)20-12-14-3-4-17(25-2)16(19)11-14/h3-4,11,15H,5-10,12-13H2,1-2H3,(H,20,24)/t15-/m0/s1. The Balaban J connectivity index is 1.47. The summed E-state index contributed by atoms with van der Waals surface area (Å²) in [6, 6.07) is 5.12. The number of ether oxygens (including phenoxy) is 1. The number of amides is 2. The van der Waals surface area contributed by atoms with Crippen molar-refractivity contribution in [1.29, 1.82) is 0 Å². The Morgan fingerprint density at radius 2 is 2.04 bits per heavy atom. The van der Waals surface area contributed by atoms with Crippen LogP contribution in [0.2, 0.25) is 0 Å². The van der Waals surface area contributed by atoms with Crippen LogP contribution in [-0.4, -0.2) is 80.2 Å². The molecule has 0 aliphatic carbocycles. The van der Waals surface area contributed by atoms with Gasteiger partial charge in [-0.1, -0.05) is 6.07 Å². The van der Waals surface area contributed by atoms with Gasteiger partial charge in [-0.25, -0.2) is 9.18 Å². The lowest BCUT2D eigenvalue weighted by atomic mass is 10.2. The van der Waals surface area contributed by atoms with E-state index in [9.17, 15) is 9.18 Å². The Hall–Kier alpha value is -1.86. The summed E-state index contributed by atoms with van der Waals surface area (Å²) < 4.78 is 18.6. The number of methoxy groups -OCH3 is 1. The Morgan fingerprint density at radius 1 is 1.28 bits per heavy atom. The molecule has 2 amide bonds. The van der Waals surface area contributed by atoms with Gasteiger partial charge in [-0.15, -0.1) is 0 Å². The molecule has 1 atom stereocenters. The third kappa shape index (κ3) is 4.41. The molecule has 0 spiro atoms. The molecular weight excluding hydrogens is 323 g/mol. The molecule has 2 aliphatic rings. The zero-order chi connectivity index (χ0) is 17.8. The third-order valence-corrected chi connectivity index (χ3v) is 5.16. The summed E-state index contributed by atoms with van der Waals surface area (Å²) in [5.41, 5.74) is 0.724. The highest BCUT2D eigenvalue weighted by molar-refractivity contribution is 5.74. The number of hydrogen-bond donors (Lipinski definition) is 1. The molecule has 6 nitrogen and oxygen atoms in total. The molecule has 0 saturated carbocycles. The summed E-state index contributed by atoms with van der Waals surface area (Å²) in [4.78, 5) is 19.1. The second-order valence-corrected chi connectivity index (χ2v) is 6.86. The van der Waals surface area contributed by atoms with Crippen LogP contribution < -0.4 is 10.1 Å². The molecule has 0 radical (unpaired) electrons. The number of urea groups is 1. The number of hydrogen-bond acceptors (Lipinski definition) is 4. The minimum atomic E-state index is -0.412. The van der Waals surface area contributed by atoms with Crippen molar-refractivity contribution in [2.45, 2.75) is 19.0 Å². The van der Waals surface area contributed by atoms with Crippen molar-refractivity contribution in [1.82, 2.24) is 20.0 Å². The first-order valence-electron chi connectivity index (χ1n) is 8.84. The van der Waals surface area contributed by atoms with Crippen molar-refractivity contribution in [3.05, 3.63) is 29.6 Å². The first-order chi connectivity index (χ1) is 12.1. The molecule has 3 rings (SSSR count). The molecule has 2 aliphatic heterocycles. The molecule has 1 aromatic rings. The maximum Gasteiger partial charge on any atom is 0.317 e. The zero-order valence-electron chi connectivity index (χ0n) is 15.0. The van der Waals surface area contributed by atoms with Gasteiger partial charge in [0.1, 0.15) is 0 Å². The number of likely N-dealkylation sites (tertiary alicyclic amines) is 1. The minimum absolute atomic E-state index is 0.0761. The first-order valence-corrected chi connectivity index (χ1v) is 8.84. The summed E-state index contributed by atoms with van der Waals surface area (Å²) in [6.45, 7) is 6.18. The lowest BCUT2D eigenvalue weighted by Gasteiger charge is -2.36. The van der Waals surface area contributed by atoms with E-state index in [0.717, 1.165) is 51.3 Å². The van der Waals surface area contributed by atoms with E-state index in [1.807, 2.05) is 4.90 Å². The number of nitrogens with one attached hydrogen (secondary N) is 1. The second-order valence-electron chi connectivity index (χ2n) is 6.86. The molecular formula is C18H27FN4O2. The highest BCUT2D eigenvalue weighted by Gasteiger charge is 2.31. The van der Waals surface area contributed by atoms with Crippen LogP contribution in [-0.2, 0) is 6.54 Å². The van der Waals surface area contributed by atoms with E-state index in [1.165, 1.54) is 13.2 Å². The van der Waals surface area contributed by atoms with Gasteiger partial charge in [-0.05, 0) is 31.2 Å². The number of piperazine rings is 1. The van der Waals surface area contributed by atoms with E-state index in [4.69, 9.17) is 4.74 Å². The van der Waals surface area contributed by atoms with Crippen LogP contribution in [0.1, 0.15) is 12.0 Å². The number of likely N-dealkylation sites (N-methyl/N-ethyl adjacent to an activating group) is 1. The average molecular weight is 350 g/mol. The topological polar surface area (TPSA) is 48.1 Å². The van der Waals surface area contributed by atoms with Crippen LogP contribution in [0.15, 0.2) is 18.2 Å². The molecule has 2 saturated heterocycles. The van der Waals surface area contributed by atoms with E-state index >= 15 is 0 Å². The second kappa shape index (κ2) is 8.01. The average Bonchev–Trinajstić information content (AvgIpc) is 3.10. The molecule has 0 aromatic heterocycles. The van der Waals surface area contributed by atoms with Crippen LogP contribution >= 0.6 is 0 Å². The molecule has 2 fully saturated rings. The van der Waals surface area contributed by atoms with Crippen molar-refractivity contribution < 1.29 is 13.9 Å². The van der Waals surface area contributed by atoms with E-state index in [0.29, 0.717) is 12.6 Å². The van der Waals surface area contributed by atoms with Crippen LogP contribution in [0.3, 0.4) is 0 Å². The summed E-state index contributed by atoms with van der Waals surface area (Å²) in [7, 11) is 3.58. The number of halogens is 1. The van der Waals surface area contributed by atoms with Gasteiger partial charge in [0, 0.05) is 51.9 Å². The number of nitrogens with zero attached hydrogens (tertiary/aromatic N) is 3. The Bertz CT molecular complexity index is 605. The predicted octanol–water partition coefficient (Wildman–Crippen LogP) is 1.37. The van der Waals surface area contributed by atoms with Gasteiger partial charge in [-0.3, -0.25) is 4.90 Å². The summed E-state index contributed by atoms with van der Waals surface area (Å²) >= 11 is 0.